The average Bonchev–Trinajstić information content (AvgIpc) is 3.55. The van der Waals surface area contributed by atoms with Gasteiger partial charge >= 0.3 is 0 Å². The second-order valence-electron chi connectivity index (χ2n) is 7.65. The van der Waals surface area contributed by atoms with Crippen molar-refractivity contribution in [3.8, 4) is 11.1 Å². The summed E-state index contributed by atoms with van der Waals surface area (Å²) in [6.07, 6.45) is 10.2. The van der Waals surface area contributed by atoms with E-state index in [9.17, 15) is 4.39 Å². The fourth-order valence-electron chi connectivity index (χ4n) is 3.25. The number of nitrogens with zero attached hydrogens (tertiary/aromatic N) is 7. The van der Waals surface area contributed by atoms with E-state index < -0.39 is 5.54 Å². The van der Waals surface area contributed by atoms with Crippen LogP contribution in [0.4, 0.5) is 16.2 Å². The third kappa shape index (κ3) is 7.07. The number of anilines is 2. The van der Waals surface area contributed by atoms with Crippen LogP contribution in [-0.4, -0.2) is 34.3 Å². The van der Waals surface area contributed by atoms with Gasteiger partial charge in [-0.05, 0) is 30.7 Å². The smallest absolute Gasteiger partial charge is 0.219 e. The lowest BCUT2D eigenvalue weighted by molar-refractivity contribution is 0.588. The van der Waals surface area contributed by atoms with Crippen molar-refractivity contribution in [1.82, 2.24) is 34.3 Å². The number of hydrogen-bond acceptors (Lipinski definition) is 8. The summed E-state index contributed by atoms with van der Waals surface area (Å²) in [5, 5.41) is 8.22. The zero-order chi connectivity index (χ0) is 27.6. The Morgan fingerprint density at radius 2 is 1.43 bits per heavy atom. The molecule has 11 heteroatoms. The van der Waals surface area contributed by atoms with Gasteiger partial charge in [0.2, 0.25) is 5.95 Å². The Kier molecular flexibility index (Phi) is 10.2. The number of nitrogens with two attached hydrogens (primary N) is 3. The van der Waals surface area contributed by atoms with Crippen LogP contribution in [0.2, 0.25) is 0 Å². The lowest BCUT2D eigenvalue weighted by atomic mass is 9.87. The first kappa shape index (κ1) is 28.9. The van der Waals surface area contributed by atoms with Crippen molar-refractivity contribution in [3.05, 3.63) is 84.6 Å². The van der Waals surface area contributed by atoms with Crippen LogP contribution in [0.5, 0.6) is 0 Å². The van der Waals surface area contributed by atoms with Crippen molar-refractivity contribution in [2.45, 2.75) is 40.2 Å². The molecular weight excluding hydrogens is 471 g/mol. The third-order valence-electron chi connectivity index (χ3n) is 5.19. The minimum Gasteiger partial charge on any atom is -0.382 e. The van der Waals surface area contributed by atoms with Crippen LogP contribution in [0.15, 0.2) is 67.6 Å². The molecular formula is C26H35FN10. The highest BCUT2D eigenvalue weighted by molar-refractivity contribution is 5.75. The molecule has 5 aromatic rings. The van der Waals surface area contributed by atoms with E-state index in [1.54, 1.807) is 39.9 Å². The molecule has 0 aliphatic rings. The summed E-state index contributed by atoms with van der Waals surface area (Å²) >= 11 is 0. The van der Waals surface area contributed by atoms with Gasteiger partial charge in [0.1, 0.15) is 17.7 Å². The van der Waals surface area contributed by atoms with Gasteiger partial charge in [-0.2, -0.15) is 10.2 Å². The molecule has 10 nitrogen and oxygen atoms in total. The van der Waals surface area contributed by atoms with Crippen LogP contribution in [0, 0.1) is 5.82 Å². The molecule has 0 aliphatic carbocycles. The SMILES string of the molecule is CC.CC.C[C@](N)(c1ccc(F)cc1)c1cnc(N)nc1.Cn1cc(-c2cc3c(N)ncnn3c2)cn1. The number of aryl methyl sites for hydroxylation is 1. The van der Waals surface area contributed by atoms with Gasteiger partial charge in [-0.15, -0.1) is 0 Å². The van der Waals surface area contributed by atoms with Gasteiger partial charge in [0, 0.05) is 48.5 Å². The molecule has 196 valence electrons. The van der Waals surface area contributed by atoms with Gasteiger partial charge in [0.25, 0.3) is 0 Å². The highest BCUT2D eigenvalue weighted by Gasteiger charge is 2.24. The van der Waals surface area contributed by atoms with E-state index in [0.717, 1.165) is 27.8 Å². The molecule has 4 heterocycles. The van der Waals surface area contributed by atoms with Crippen molar-refractivity contribution < 1.29 is 4.39 Å². The van der Waals surface area contributed by atoms with Gasteiger partial charge in [-0.1, -0.05) is 39.8 Å². The first-order chi connectivity index (χ1) is 17.7. The molecule has 0 unspecified atom stereocenters. The summed E-state index contributed by atoms with van der Waals surface area (Å²) in [5.41, 5.74) is 21.0. The van der Waals surface area contributed by atoms with E-state index in [4.69, 9.17) is 17.2 Å². The molecule has 0 bridgehead atoms. The zero-order valence-electron chi connectivity index (χ0n) is 22.1. The first-order valence-electron chi connectivity index (χ1n) is 11.9. The molecule has 0 aliphatic heterocycles. The minimum atomic E-state index is -0.776. The maximum Gasteiger partial charge on any atom is 0.219 e. The third-order valence-corrected chi connectivity index (χ3v) is 5.19. The summed E-state index contributed by atoms with van der Waals surface area (Å²) in [6.45, 7) is 9.81. The summed E-state index contributed by atoms with van der Waals surface area (Å²) in [4.78, 5) is 11.7. The summed E-state index contributed by atoms with van der Waals surface area (Å²) in [5.74, 6) is 0.381. The molecule has 0 spiro atoms. The molecule has 1 aromatic carbocycles. The van der Waals surface area contributed by atoms with E-state index >= 15 is 0 Å². The van der Waals surface area contributed by atoms with Crippen LogP contribution in [0.25, 0.3) is 16.6 Å². The van der Waals surface area contributed by atoms with Gasteiger partial charge in [-0.25, -0.2) is 23.9 Å². The Hall–Kier alpha value is -4.38. The monoisotopic (exact) mass is 506 g/mol. The number of nitrogen functional groups attached to an aromatic ring is 2. The molecule has 37 heavy (non-hydrogen) atoms. The second kappa shape index (κ2) is 13.1. The van der Waals surface area contributed by atoms with E-state index in [1.807, 2.05) is 60.1 Å². The summed E-state index contributed by atoms with van der Waals surface area (Å²) in [7, 11) is 1.88. The van der Waals surface area contributed by atoms with Crippen LogP contribution >= 0.6 is 0 Å². The van der Waals surface area contributed by atoms with Crippen molar-refractivity contribution in [2.75, 3.05) is 11.5 Å². The minimum absolute atomic E-state index is 0.198. The summed E-state index contributed by atoms with van der Waals surface area (Å²) in [6, 6.07) is 7.99. The van der Waals surface area contributed by atoms with Gasteiger partial charge in [0.15, 0.2) is 5.82 Å². The lowest BCUT2D eigenvalue weighted by Gasteiger charge is -2.25. The zero-order valence-corrected chi connectivity index (χ0v) is 22.1. The van der Waals surface area contributed by atoms with Crippen molar-refractivity contribution in [1.29, 1.82) is 0 Å². The van der Waals surface area contributed by atoms with E-state index in [0.29, 0.717) is 5.82 Å². The Labute approximate surface area is 216 Å². The molecule has 1 atom stereocenters. The van der Waals surface area contributed by atoms with Gasteiger partial charge < -0.3 is 17.2 Å². The Morgan fingerprint density at radius 1 is 0.811 bits per heavy atom. The topological polar surface area (TPSA) is 152 Å². The fourth-order valence-corrected chi connectivity index (χ4v) is 3.25. The van der Waals surface area contributed by atoms with E-state index in [-0.39, 0.29) is 11.8 Å². The number of aromatic nitrogens is 7. The predicted octanol–water partition coefficient (Wildman–Crippen LogP) is 4.18. The largest absolute Gasteiger partial charge is 0.382 e. The van der Waals surface area contributed by atoms with E-state index in [2.05, 4.69) is 25.1 Å². The Morgan fingerprint density at radius 3 is 1.97 bits per heavy atom. The highest BCUT2D eigenvalue weighted by atomic mass is 19.1. The number of rotatable bonds is 3. The maximum absolute atomic E-state index is 12.8. The predicted molar refractivity (Wildman–Crippen MR) is 146 cm³/mol. The van der Waals surface area contributed by atoms with Crippen molar-refractivity contribution >= 4 is 17.3 Å². The summed E-state index contributed by atoms with van der Waals surface area (Å²) < 4.78 is 16.3. The van der Waals surface area contributed by atoms with Gasteiger partial charge in [-0.3, -0.25) is 4.68 Å². The Bertz CT molecular complexity index is 1330. The molecule has 5 rings (SSSR count). The molecule has 0 saturated heterocycles. The first-order valence-corrected chi connectivity index (χ1v) is 11.9. The fraction of sp³-hybridized carbons (Fsp3) is 0.269. The standard InChI is InChI=1S/C12H13FN4.C10H10N6.2C2H6/c1-12(15,8-2-4-10(13)5-3-8)9-6-16-11(14)17-7-9;1-15-4-8(3-13-15)7-2-9-10(11)12-6-14-16(9)5-7;2*1-2/h2-7H,15H2,1H3,(H2,14,16,17);2-6H,1H3,(H2,11,12,14);2*1-2H3/t12-;;;/m0.../s1. The van der Waals surface area contributed by atoms with Crippen LogP contribution < -0.4 is 17.2 Å². The lowest BCUT2D eigenvalue weighted by Crippen LogP contribution is -2.34. The Balaban J connectivity index is 0.000000230. The van der Waals surface area contributed by atoms with Crippen LogP contribution in [-0.2, 0) is 12.6 Å². The normalized spacial score (nSPS) is 11.7. The van der Waals surface area contributed by atoms with Crippen molar-refractivity contribution in [3.63, 3.8) is 0 Å². The maximum atomic E-state index is 12.8. The molecule has 0 fully saturated rings. The molecule has 0 radical (unpaired) electrons. The molecule has 0 saturated carbocycles. The number of halogens is 1. The van der Waals surface area contributed by atoms with Gasteiger partial charge in [0.05, 0.1) is 11.7 Å². The van der Waals surface area contributed by atoms with Crippen molar-refractivity contribution in [2.24, 2.45) is 12.8 Å². The quantitative estimate of drug-likeness (QED) is 0.329. The number of fused-ring (bicyclic) bond motifs is 1. The van der Waals surface area contributed by atoms with Crippen LogP contribution in [0.1, 0.15) is 45.7 Å². The highest BCUT2D eigenvalue weighted by Crippen LogP contribution is 2.26. The second-order valence-corrected chi connectivity index (χ2v) is 7.65. The van der Waals surface area contributed by atoms with Crippen LogP contribution in [0.3, 0.4) is 0 Å². The average molecular weight is 507 g/mol. The number of benzene rings is 1. The number of hydrogen-bond donors (Lipinski definition) is 3. The molecule has 6 N–H and O–H groups in total. The molecule has 0 amide bonds. The van der Waals surface area contributed by atoms with E-state index in [1.165, 1.54) is 18.5 Å². The molecule has 4 aromatic heterocycles.